The van der Waals surface area contributed by atoms with E-state index in [1.165, 1.54) is 6.08 Å². The van der Waals surface area contributed by atoms with Crippen LogP contribution >= 0.6 is 0 Å². The second-order valence-corrected chi connectivity index (χ2v) is 5.17. The molecule has 0 aliphatic heterocycles. The highest BCUT2D eigenvalue weighted by atomic mass is 16.5. The molecule has 1 amide bonds. The lowest BCUT2D eigenvalue weighted by molar-refractivity contribution is -0.142. The Labute approximate surface area is 142 Å². The molecule has 0 saturated carbocycles. The topological polar surface area (TPSA) is 55.4 Å². The minimum absolute atomic E-state index is 0.180. The summed E-state index contributed by atoms with van der Waals surface area (Å²) in [5.41, 5.74) is 3.23. The van der Waals surface area contributed by atoms with Crippen LogP contribution in [0.2, 0.25) is 0 Å². The van der Waals surface area contributed by atoms with Crippen molar-refractivity contribution in [3.05, 3.63) is 66.2 Å². The Bertz CT molecular complexity index is 691. The van der Waals surface area contributed by atoms with Gasteiger partial charge in [0.05, 0.1) is 13.0 Å². The molecule has 0 atom stereocenters. The third-order valence-electron chi connectivity index (χ3n) is 3.38. The van der Waals surface area contributed by atoms with Gasteiger partial charge >= 0.3 is 5.97 Å². The van der Waals surface area contributed by atoms with Crippen molar-refractivity contribution in [1.82, 2.24) is 5.32 Å². The van der Waals surface area contributed by atoms with E-state index >= 15 is 0 Å². The van der Waals surface area contributed by atoms with Gasteiger partial charge in [0.25, 0.3) is 0 Å². The number of esters is 1. The van der Waals surface area contributed by atoms with E-state index < -0.39 is 0 Å². The third-order valence-corrected chi connectivity index (χ3v) is 3.38. The van der Waals surface area contributed by atoms with Gasteiger partial charge in [-0.15, -0.1) is 0 Å². The van der Waals surface area contributed by atoms with Crippen LogP contribution in [0, 0.1) is 0 Å². The predicted octanol–water partition coefficient (Wildman–Crippen LogP) is 3.44. The van der Waals surface area contributed by atoms with Crippen molar-refractivity contribution in [2.45, 2.75) is 13.3 Å². The number of carbonyl (C=O) groups is 2. The fraction of sp³-hybridized carbons (Fsp3) is 0.200. The van der Waals surface area contributed by atoms with Gasteiger partial charge in [0.15, 0.2) is 0 Å². The van der Waals surface area contributed by atoms with E-state index in [0.29, 0.717) is 6.61 Å². The van der Waals surface area contributed by atoms with E-state index in [9.17, 15) is 9.59 Å². The molecular weight excluding hydrogens is 302 g/mol. The Morgan fingerprint density at radius 2 is 1.67 bits per heavy atom. The molecule has 0 radical (unpaired) electrons. The van der Waals surface area contributed by atoms with Crippen molar-refractivity contribution >= 4 is 18.0 Å². The lowest BCUT2D eigenvalue weighted by Crippen LogP contribution is -2.24. The summed E-state index contributed by atoms with van der Waals surface area (Å²) in [5, 5.41) is 2.65. The molecule has 124 valence electrons. The number of carbonyl (C=O) groups excluding carboxylic acids is 2. The molecule has 0 aliphatic rings. The summed E-state index contributed by atoms with van der Waals surface area (Å²) in [6, 6.07) is 18.1. The van der Waals surface area contributed by atoms with Crippen LogP contribution in [0.3, 0.4) is 0 Å². The number of hydrogen-bond donors (Lipinski definition) is 1. The van der Waals surface area contributed by atoms with Crippen LogP contribution in [-0.2, 0) is 14.3 Å². The van der Waals surface area contributed by atoms with Gasteiger partial charge < -0.3 is 10.1 Å². The molecule has 0 unspecified atom stereocenters. The molecule has 2 rings (SSSR count). The van der Waals surface area contributed by atoms with Gasteiger partial charge in [0, 0.05) is 12.6 Å². The Kier molecular flexibility index (Phi) is 6.77. The van der Waals surface area contributed by atoms with Crippen LogP contribution in [0.4, 0.5) is 0 Å². The molecule has 0 aliphatic carbocycles. The molecular formula is C20H21NO3. The standard InChI is InChI=1S/C20H21NO3/c1-2-24-20(23)14-15-21-19(22)13-10-16-8-11-18(12-9-16)17-6-4-3-5-7-17/h3-13H,2,14-15H2,1H3,(H,21,22)/b13-10+. The summed E-state index contributed by atoms with van der Waals surface area (Å²) >= 11 is 0. The quantitative estimate of drug-likeness (QED) is 0.627. The van der Waals surface area contributed by atoms with Crippen LogP contribution < -0.4 is 5.32 Å². The summed E-state index contributed by atoms with van der Waals surface area (Å²) in [7, 11) is 0. The third kappa shape index (κ3) is 5.72. The normalized spacial score (nSPS) is 10.5. The van der Waals surface area contributed by atoms with Gasteiger partial charge in [-0.25, -0.2) is 0 Å². The van der Waals surface area contributed by atoms with Crippen LogP contribution in [0.25, 0.3) is 17.2 Å². The summed E-state index contributed by atoms with van der Waals surface area (Å²) in [4.78, 5) is 22.9. The fourth-order valence-corrected chi connectivity index (χ4v) is 2.17. The van der Waals surface area contributed by atoms with Gasteiger partial charge in [0.1, 0.15) is 0 Å². The van der Waals surface area contributed by atoms with Gasteiger partial charge in [-0.2, -0.15) is 0 Å². The Morgan fingerprint density at radius 3 is 2.33 bits per heavy atom. The zero-order valence-electron chi connectivity index (χ0n) is 13.7. The first-order valence-corrected chi connectivity index (χ1v) is 7.96. The number of rotatable bonds is 7. The van der Waals surface area contributed by atoms with Crippen molar-refractivity contribution in [2.24, 2.45) is 0 Å². The summed E-state index contributed by atoms with van der Waals surface area (Å²) < 4.78 is 4.79. The maximum Gasteiger partial charge on any atom is 0.307 e. The largest absolute Gasteiger partial charge is 0.466 e. The number of amides is 1. The van der Waals surface area contributed by atoms with Crippen LogP contribution in [0.15, 0.2) is 60.7 Å². The zero-order valence-corrected chi connectivity index (χ0v) is 13.7. The van der Waals surface area contributed by atoms with Crippen molar-refractivity contribution in [3.63, 3.8) is 0 Å². The zero-order chi connectivity index (χ0) is 17.2. The molecule has 0 saturated heterocycles. The number of hydrogen-bond acceptors (Lipinski definition) is 3. The first kappa shape index (κ1) is 17.5. The van der Waals surface area contributed by atoms with Gasteiger partial charge in [-0.05, 0) is 29.7 Å². The number of nitrogens with one attached hydrogen (secondary N) is 1. The lowest BCUT2D eigenvalue weighted by atomic mass is 10.0. The molecule has 4 heteroatoms. The Morgan fingerprint density at radius 1 is 1.00 bits per heavy atom. The highest BCUT2D eigenvalue weighted by Crippen LogP contribution is 2.19. The van der Waals surface area contributed by atoms with Crippen molar-refractivity contribution in [1.29, 1.82) is 0 Å². The molecule has 1 N–H and O–H groups in total. The lowest BCUT2D eigenvalue weighted by Gasteiger charge is -2.03. The summed E-state index contributed by atoms with van der Waals surface area (Å²) in [6.45, 7) is 2.38. The molecule has 0 heterocycles. The highest BCUT2D eigenvalue weighted by molar-refractivity contribution is 5.92. The van der Waals surface area contributed by atoms with E-state index in [4.69, 9.17) is 4.74 Å². The number of ether oxygens (including phenoxy) is 1. The van der Waals surface area contributed by atoms with Crippen LogP contribution in [-0.4, -0.2) is 25.0 Å². The van der Waals surface area contributed by atoms with Crippen molar-refractivity contribution in [2.75, 3.05) is 13.2 Å². The molecule has 0 spiro atoms. The van der Waals surface area contributed by atoms with E-state index in [1.807, 2.05) is 42.5 Å². The Balaban J connectivity index is 1.83. The van der Waals surface area contributed by atoms with Crippen molar-refractivity contribution in [3.8, 4) is 11.1 Å². The van der Waals surface area contributed by atoms with E-state index in [-0.39, 0.29) is 24.8 Å². The maximum absolute atomic E-state index is 11.7. The first-order valence-electron chi connectivity index (χ1n) is 7.96. The van der Waals surface area contributed by atoms with E-state index in [2.05, 4.69) is 17.4 Å². The van der Waals surface area contributed by atoms with Crippen LogP contribution in [0.1, 0.15) is 18.9 Å². The minimum Gasteiger partial charge on any atom is -0.466 e. The number of benzene rings is 2. The first-order chi connectivity index (χ1) is 11.7. The molecule has 24 heavy (non-hydrogen) atoms. The van der Waals surface area contributed by atoms with Crippen LogP contribution in [0.5, 0.6) is 0 Å². The molecule has 0 bridgehead atoms. The molecule has 2 aromatic carbocycles. The predicted molar refractivity (Wildman–Crippen MR) is 95.2 cm³/mol. The van der Waals surface area contributed by atoms with E-state index in [1.54, 1.807) is 13.0 Å². The SMILES string of the molecule is CCOC(=O)CCNC(=O)/C=C/c1ccc(-c2ccccc2)cc1. The van der Waals surface area contributed by atoms with Gasteiger partial charge in [0.2, 0.25) is 5.91 Å². The average Bonchev–Trinajstić information content (AvgIpc) is 2.61. The molecule has 4 nitrogen and oxygen atoms in total. The second-order valence-electron chi connectivity index (χ2n) is 5.17. The van der Waals surface area contributed by atoms with Crippen molar-refractivity contribution < 1.29 is 14.3 Å². The molecule has 2 aromatic rings. The summed E-state index contributed by atoms with van der Waals surface area (Å²) in [6.07, 6.45) is 3.39. The second kappa shape index (κ2) is 9.30. The molecule has 0 fully saturated rings. The Hall–Kier alpha value is -2.88. The minimum atomic E-state index is -0.307. The van der Waals surface area contributed by atoms with Gasteiger partial charge in [-0.3, -0.25) is 9.59 Å². The maximum atomic E-state index is 11.7. The van der Waals surface area contributed by atoms with Gasteiger partial charge in [-0.1, -0.05) is 54.6 Å². The summed E-state index contributed by atoms with van der Waals surface area (Å²) in [5.74, 6) is -0.537. The van der Waals surface area contributed by atoms with E-state index in [0.717, 1.165) is 16.7 Å². The fourth-order valence-electron chi connectivity index (χ4n) is 2.17. The highest BCUT2D eigenvalue weighted by Gasteiger charge is 2.02. The molecule has 0 aromatic heterocycles. The average molecular weight is 323 g/mol. The smallest absolute Gasteiger partial charge is 0.307 e. The monoisotopic (exact) mass is 323 g/mol.